The number of halogens is 1. The molecule has 2 heterocycles. The van der Waals surface area contributed by atoms with Crippen molar-refractivity contribution in [3.63, 3.8) is 0 Å². The van der Waals surface area contributed by atoms with Crippen LogP contribution in [0.25, 0.3) is 11.3 Å². The minimum Gasteiger partial charge on any atom is -0.368 e. The first-order valence-electron chi connectivity index (χ1n) is 8.37. The van der Waals surface area contributed by atoms with Crippen molar-refractivity contribution >= 4 is 27.3 Å². The zero-order valence-electron chi connectivity index (χ0n) is 13.8. The number of thiazole rings is 1. The molecule has 0 spiro atoms. The first-order chi connectivity index (χ1) is 12.3. The standard InChI is InChI=1S/C20H19BrN2OS/c21-17-8-4-7-16(11-17)18-14-25-20(22-18)19-13-23(9-10-24-19)12-15-5-2-1-3-6-15/h1-8,11,14,19H,9-10,12-13H2. The number of aromatic nitrogens is 1. The Balaban J connectivity index is 1.46. The Labute approximate surface area is 160 Å². The molecule has 0 bridgehead atoms. The Morgan fingerprint density at radius 2 is 2.04 bits per heavy atom. The van der Waals surface area contributed by atoms with Gasteiger partial charge in [0.25, 0.3) is 0 Å². The lowest BCUT2D eigenvalue weighted by Gasteiger charge is -2.32. The molecule has 1 saturated heterocycles. The minimum absolute atomic E-state index is 0.0587. The molecule has 3 aromatic rings. The van der Waals surface area contributed by atoms with Crippen LogP contribution in [0.1, 0.15) is 16.7 Å². The molecule has 1 aromatic heterocycles. The smallest absolute Gasteiger partial charge is 0.124 e. The van der Waals surface area contributed by atoms with E-state index in [9.17, 15) is 0 Å². The van der Waals surface area contributed by atoms with E-state index in [-0.39, 0.29) is 6.10 Å². The second kappa shape index (κ2) is 7.79. The van der Waals surface area contributed by atoms with Gasteiger partial charge in [0, 0.05) is 35.1 Å². The van der Waals surface area contributed by atoms with Crippen molar-refractivity contribution in [2.45, 2.75) is 12.6 Å². The summed E-state index contributed by atoms with van der Waals surface area (Å²) in [4.78, 5) is 7.28. The van der Waals surface area contributed by atoms with Crippen LogP contribution < -0.4 is 0 Å². The first-order valence-corrected chi connectivity index (χ1v) is 10.0. The molecule has 1 unspecified atom stereocenters. The maximum absolute atomic E-state index is 6.00. The number of morpholine rings is 1. The topological polar surface area (TPSA) is 25.4 Å². The van der Waals surface area contributed by atoms with Crippen LogP contribution in [0.4, 0.5) is 0 Å². The van der Waals surface area contributed by atoms with Crippen LogP contribution in [0, 0.1) is 0 Å². The quantitative estimate of drug-likeness (QED) is 0.590. The van der Waals surface area contributed by atoms with Crippen molar-refractivity contribution in [1.29, 1.82) is 0 Å². The monoisotopic (exact) mass is 414 g/mol. The number of hydrogen-bond donors (Lipinski definition) is 0. The van der Waals surface area contributed by atoms with Crippen molar-refractivity contribution in [2.24, 2.45) is 0 Å². The van der Waals surface area contributed by atoms with E-state index in [4.69, 9.17) is 9.72 Å². The fourth-order valence-corrected chi connectivity index (χ4v) is 4.32. The molecule has 0 N–H and O–H groups in total. The van der Waals surface area contributed by atoms with E-state index in [1.54, 1.807) is 11.3 Å². The summed E-state index contributed by atoms with van der Waals surface area (Å²) in [6, 6.07) is 18.9. The van der Waals surface area contributed by atoms with Crippen LogP contribution in [-0.4, -0.2) is 29.6 Å². The highest BCUT2D eigenvalue weighted by atomic mass is 79.9. The number of nitrogens with zero attached hydrogens (tertiary/aromatic N) is 2. The summed E-state index contributed by atoms with van der Waals surface area (Å²) >= 11 is 5.21. The molecule has 1 atom stereocenters. The molecule has 0 amide bonds. The SMILES string of the molecule is Brc1cccc(-c2csc(C3CN(Cc4ccccc4)CCO3)n2)c1. The second-order valence-corrected chi connectivity index (χ2v) is 7.97. The molecule has 1 aliphatic rings. The van der Waals surface area contributed by atoms with Crippen molar-refractivity contribution in [1.82, 2.24) is 9.88 Å². The van der Waals surface area contributed by atoms with Crippen LogP contribution in [0.2, 0.25) is 0 Å². The van der Waals surface area contributed by atoms with Gasteiger partial charge in [0.2, 0.25) is 0 Å². The Morgan fingerprint density at radius 3 is 2.88 bits per heavy atom. The van der Waals surface area contributed by atoms with Gasteiger partial charge in [-0.2, -0.15) is 0 Å². The fourth-order valence-electron chi connectivity index (χ4n) is 3.05. The molecule has 1 fully saturated rings. The number of rotatable bonds is 4. The number of hydrogen-bond acceptors (Lipinski definition) is 4. The van der Waals surface area contributed by atoms with Gasteiger partial charge in [-0.05, 0) is 17.7 Å². The van der Waals surface area contributed by atoms with Crippen molar-refractivity contribution in [2.75, 3.05) is 19.7 Å². The van der Waals surface area contributed by atoms with Crippen molar-refractivity contribution in [3.8, 4) is 11.3 Å². The molecule has 0 aliphatic carbocycles. The van der Waals surface area contributed by atoms with Crippen LogP contribution in [0.15, 0.2) is 64.5 Å². The average molecular weight is 415 g/mol. The lowest BCUT2D eigenvalue weighted by atomic mass is 10.2. The summed E-state index contributed by atoms with van der Waals surface area (Å²) < 4.78 is 7.07. The third-order valence-corrected chi connectivity index (χ3v) is 5.75. The molecule has 0 radical (unpaired) electrons. The Morgan fingerprint density at radius 1 is 1.16 bits per heavy atom. The molecule has 4 rings (SSSR count). The van der Waals surface area contributed by atoms with E-state index in [0.29, 0.717) is 0 Å². The van der Waals surface area contributed by atoms with E-state index < -0.39 is 0 Å². The highest BCUT2D eigenvalue weighted by Gasteiger charge is 2.24. The summed E-state index contributed by atoms with van der Waals surface area (Å²) in [6.07, 6.45) is 0.0587. The average Bonchev–Trinajstić information content (AvgIpc) is 3.13. The number of benzene rings is 2. The molecular weight excluding hydrogens is 396 g/mol. The van der Waals surface area contributed by atoms with Crippen LogP contribution in [-0.2, 0) is 11.3 Å². The predicted molar refractivity (Wildman–Crippen MR) is 106 cm³/mol. The molecule has 5 heteroatoms. The zero-order chi connectivity index (χ0) is 17.1. The normalized spacial score (nSPS) is 18.4. The van der Waals surface area contributed by atoms with Crippen LogP contribution >= 0.6 is 27.3 Å². The van der Waals surface area contributed by atoms with Gasteiger partial charge >= 0.3 is 0 Å². The van der Waals surface area contributed by atoms with Gasteiger partial charge in [0.1, 0.15) is 11.1 Å². The molecule has 2 aromatic carbocycles. The van der Waals surface area contributed by atoms with Gasteiger partial charge in [0.05, 0.1) is 12.3 Å². The van der Waals surface area contributed by atoms with Crippen LogP contribution in [0.3, 0.4) is 0 Å². The molecule has 3 nitrogen and oxygen atoms in total. The third kappa shape index (κ3) is 4.18. The van der Waals surface area contributed by atoms with E-state index in [1.807, 2.05) is 12.1 Å². The van der Waals surface area contributed by atoms with E-state index in [0.717, 1.165) is 47.0 Å². The predicted octanol–water partition coefficient (Wildman–Crippen LogP) is 5.15. The molecule has 1 aliphatic heterocycles. The fraction of sp³-hybridized carbons (Fsp3) is 0.250. The number of ether oxygens (including phenoxy) is 1. The van der Waals surface area contributed by atoms with E-state index in [2.05, 4.69) is 68.7 Å². The summed E-state index contributed by atoms with van der Waals surface area (Å²) in [6.45, 7) is 3.57. The maximum Gasteiger partial charge on any atom is 0.124 e. The Bertz CT molecular complexity index is 836. The van der Waals surface area contributed by atoms with Gasteiger partial charge in [-0.25, -0.2) is 4.98 Å². The molecule has 0 saturated carbocycles. The van der Waals surface area contributed by atoms with Gasteiger partial charge in [-0.1, -0.05) is 58.4 Å². The van der Waals surface area contributed by atoms with Gasteiger partial charge in [-0.15, -0.1) is 11.3 Å². The summed E-state index contributed by atoms with van der Waals surface area (Å²) in [5.41, 5.74) is 3.50. The lowest BCUT2D eigenvalue weighted by molar-refractivity contribution is -0.0329. The van der Waals surface area contributed by atoms with Crippen molar-refractivity contribution < 1.29 is 4.74 Å². The summed E-state index contributed by atoms with van der Waals surface area (Å²) in [5, 5.41) is 3.18. The molecule has 128 valence electrons. The minimum atomic E-state index is 0.0587. The van der Waals surface area contributed by atoms with Gasteiger partial charge in [-0.3, -0.25) is 4.90 Å². The lowest BCUT2D eigenvalue weighted by Crippen LogP contribution is -2.37. The Kier molecular flexibility index (Phi) is 5.27. The zero-order valence-corrected chi connectivity index (χ0v) is 16.2. The summed E-state index contributed by atoms with van der Waals surface area (Å²) in [5.74, 6) is 0. The van der Waals surface area contributed by atoms with Crippen molar-refractivity contribution in [3.05, 3.63) is 75.0 Å². The van der Waals surface area contributed by atoms with Gasteiger partial charge < -0.3 is 4.74 Å². The van der Waals surface area contributed by atoms with Crippen LogP contribution in [0.5, 0.6) is 0 Å². The molecule has 25 heavy (non-hydrogen) atoms. The molecular formula is C20H19BrN2OS. The third-order valence-electron chi connectivity index (χ3n) is 4.32. The van der Waals surface area contributed by atoms with E-state index in [1.165, 1.54) is 5.56 Å². The van der Waals surface area contributed by atoms with E-state index >= 15 is 0 Å². The highest BCUT2D eigenvalue weighted by molar-refractivity contribution is 9.10. The first kappa shape index (κ1) is 16.9. The maximum atomic E-state index is 6.00. The Hall–Kier alpha value is -1.53. The second-order valence-electron chi connectivity index (χ2n) is 6.16. The largest absolute Gasteiger partial charge is 0.368 e. The summed E-state index contributed by atoms with van der Waals surface area (Å²) in [7, 11) is 0. The highest BCUT2D eigenvalue weighted by Crippen LogP contribution is 2.30. The van der Waals surface area contributed by atoms with Gasteiger partial charge in [0.15, 0.2) is 0 Å².